The highest BCUT2D eigenvalue weighted by atomic mass is 32.2. The Morgan fingerprint density at radius 2 is 1.89 bits per heavy atom. The molecule has 0 spiro atoms. The number of pyridine rings is 1. The molecule has 0 bridgehead atoms. The van der Waals surface area contributed by atoms with Gasteiger partial charge in [-0.3, -0.25) is 9.88 Å². The number of ether oxygens (including phenoxy) is 1. The minimum Gasteiger partial charge on any atom is -0.444 e. The summed E-state index contributed by atoms with van der Waals surface area (Å²) < 4.78 is 5.59. The largest absolute Gasteiger partial charge is 0.444 e. The van der Waals surface area contributed by atoms with Crippen LogP contribution in [-0.4, -0.2) is 54.8 Å². The molecular weight excluding hydrogens is 364 g/mol. The Labute approximate surface area is 163 Å². The average Bonchev–Trinajstić information content (AvgIpc) is 3.05. The van der Waals surface area contributed by atoms with Gasteiger partial charge in [-0.05, 0) is 63.5 Å². The molecule has 1 saturated heterocycles. The standard InChI is InChI=1S/C18H24N6O2S/c1-18(2,3)26-17(25)24-10-7-13(11-12-5-8-19-9-6-12)14(24)15-20-22-16(27-4)23-21-15/h5-6,8-9,13-14H,7,10-11H2,1-4H3/t13-,14+/m1/s1. The van der Waals surface area contributed by atoms with Crippen LogP contribution in [-0.2, 0) is 11.2 Å². The molecule has 9 heteroatoms. The van der Waals surface area contributed by atoms with E-state index in [0.29, 0.717) is 17.5 Å². The van der Waals surface area contributed by atoms with E-state index in [9.17, 15) is 4.79 Å². The van der Waals surface area contributed by atoms with Crippen LogP contribution in [0.25, 0.3) is 0 Å². The van der Waals surface area contributed by atoms with E-state index in [1.54, 1.807) is 17.3 Å². The normalized spacial score (nSPS) is 19.9. The highest BCUT2D eigenvalue weighted by Crippen LogP contribution is 2.38. The summed E-state index contributed by atoms with van der Waals surface area (Å²) in [4.78, 5) is 18.5. The first-order chi connectivity index (χ1) is 12.9. The number of hydrogen-bond donors (Lipinski definition) is 0. The first-order valence-electron chi connectivity index (χ1n) is 8.87. The van der Waals surface area contributed by atoms with Gasteiger partial charge >= 0.3 is 6.09 Å². The number of carbonyl (C=O) groups is 1. The maximum atomic E-state index is 12.8. The first kappa shape index (κ1) is 19.5. The van der Waals surface area contributed by atoms with Crippen molar-refractivity contribution in [1.82, 2.24) is 30.3 Å². The summed E-state index contributed by atoms with van der Waals surface area (Å²) in [5.41, 5.74) is 0.595. The van der Waals surface area contributed by atoms with E-state index in [4.69, 9.17) is 4.74 Å². The lowest BCUT2D eigenvalue weighted by atomic mass is 9.92. The van der Waals surface area contributed by atoms with E-state index in [1.165, 1.54) is 11.8 Å². The molecule has 0 saturated carbocycles. The van der Waals surface area contributed by atoms with Crippen LogP contribution < -0.4 is 0 Å². The van der Waals surface area contributed by atoms with Crippen molar-refractivity contribution in [3.63, 3.8) is 0 Å². The SMILES string of the molecule is CSc1nnc([C@@H]2[C@@H](Cc3ccncc3)CCN2C(=O)OC(C)(C)C)nn1. The van der Waals surface area contributed by atoms with Crippen LogP contribution in [0, 0.1) is 5.92 Å². The molecule has 0 aliphatic carbocycles. The van der Waals surface area contributed by atoms with Crippen molar-refractivity contribution in [2.24, 2.45) is 5.92 Å². The molecule has 2 aromatic rings. The highest BCUT2D eigenvalue weighted by Gasteiger charge is 2.42. The maximum absolute atomic E-state index is 12.8. The zero-order valence-corrected chi connectivity index (χ0v) is 16.8. The molecule has 2 atom stereocenters. The van der Waals surface area contributed by atoms with Gasteiger partial charge in [0, 0.05) is 18.9 Å². The Morgan fingerprint density at radius 1 is 1.22 bits per heavy atom. The molecule has 0 unspecified atom stereocenters. The number of amides is 1. The number of thioether (sulfide) groups is 1. The van der Waals surface area contributed by atoms with Crippen LogP contribution in [0.2, 0.25) is 0 Å². The zero-order valence-electron chi connectivity index (χ0n) is 16.0. The van der Waals surface area contributed by atoms with E-state index < -0.39 is 5.60 Å². The van der Waals surface area contributed by atoms with Gasteiger partial charge in [0.2, 0.25) is 5.16 Å². The summed E-state index contributed by atoms with van der Waals surface area (Å²) in [6, 6.07) is 3.66. The van der Waals surface area contributed by atoms with E-state index in [1.807, 2.05) is 39.2 Å². The monoisotopic (exact) mass is 388 g/mol. The summed E-state index contributed by atoms with van der Waals surface area (Å²) in [6.45, 7) is 6.16. The third-order valence-corrected chi connectivity index (χ3v) is 4.85. The predicted octanol–water partition coefficient (Wildman–Crippen LogP) is 2.92. The van der Waals surface area contributed by atoms with E-state index in [-0.39, 0.29) is 18.1 Å². The predicted molar refractivity (Wildman–Crippen MR) is 101 cm³/mol. The lowest BCUT2D eigenvalue weighted by Gasteiger charge is -2.29. The summed E-state index contributed by atoms with van der Waals surface area (Å²) in [6.07, 6.45) is 6.69. The summed E-state index contributed by atoms with van der Waals surface area (Å²) in [7, 11) is 0. The lowest BCUT2D eigenvalue weighted by Crippen LogP contribution is -2.38. The molecule has 8 nitrogen and oxygen atoms in total. The van der Waals surface area contributed by atoms with Gasteiger partial charge in [-0.1, -0.05) is 11.8 Å². The maximum Gasteiger partial charge on any atom is 0.410 e. The molecule has 1 amide bonds. The quantitative estimate of drug-likeness (QED) is 0.738. The Kier molecular flexibility index (Phi) is 5.88. The molecule has 2 aromatic heterocycles. The molecule has 3 rings (SSSR count). The van der Waals surface area contributed by atoms with Gasteiger partial charge in [-0.15, -0.1) is 20.4 Å². The molecule has 1 aliphatic rings. The minimum absolute atomic E-state index is 0.156. The van der Waals surface area contributed by atoms with Crippen molar-refractivity contribution >= 4 is 17.9 Å². The molecular formula is C18H24N6O2S. The number of likely N-dealkylation sites (tertiary alicyclic amines) is 1. The van der Waals surface area contributed by atoms with Gasteiger partial charge in [0.05, 0.1) is 0 Å². The van der Waals surface area contributed by atoms with Crippen LogP contribution in [0.4, 0.5) is 4.79 Å². The van der Waals surface area contributed by atoms with Gasteiger partial charge in [-0.25, -0.2) is 4.79 Å². The van der Waals surface area contributed by atoms with Crippen LogP contribution >= 0.6 is 11.8 Å². The number of nitrogens with zero attached hydrogens (tertiary/aromatic N) is 6. The number of aromatic nitrogens is 5. The summed E-state index contributed by atoms with van der Waals surface area (Å²) in [5.74, 6) is 0.610. The molecule has 144 valence electrons. The van der Waals surface area contributed by atoms with Crippen LogP contribution in [0.15, 0.2) is 29.7 Å². The van der Waals surface area contributed by atoms with E-state index >= 15 is 0 Å². The average molecular weight is 388 g/mol. The van der Waals surface area contributed by atoms with Gasteiger partial charge in [0.15, 0.2) is 5.82 Å². The second-order valence-electron chi connectivity index (χ2n) is 7.47. The molecule has 3 heterocycles. The van der Waals surface area contributed by atoms with Crippen LogP contribution in [0.1, 0.15) is 44.6 Å². The van der Waals surface area contributed by atoms with Gasteiger partial charge < -0.3 is 4.74 Å². The minimum atomic E-state index is -0.565. The van der Waals surface area contributed by atoms with E-state index in [2.05, 4.69) is 25.4 Å². The lowest BCUT2D eigenvalue weighted by molar-refractivity contribution is 0.0195. The van der Waals surface area contributed by atoms with Crippen LogP contribution in [0.5, 0.6) is 0 Å². The van der Waals surface area contributed by atoms with Gasteiger partial charge in [0.25, 0.3) is 0 Å². The third kappa shape index (κ3) is 4.91. The van der Waals surface area contributed by atoms with Crippen molar-refractivity contribution in [3.8, 4) is 0 Å². The van der Waals surface area contributed by atoms with Crippen molar-refractivity contribution in [2.75, 3.05) is 12.8 Å². The fourth-order valence-electron chi connectivity index (χ4n) is 3.20. The second-order valence-corrected chi connectivity index (χ2v) is 8.25. The topological polar surface area (TPSA) is 94.0 Å². The summed E-state index contributed by atoms with van der Waals surface area (Å²) in [5, 5.41) is 17.2. The Hall–Kier alpha value is -2.29. The first-order valence-corrected chi connectivity index (χ1v) is 10.1. The number of rotatable bonds is 4. The molecule has 1 fully saturated rings. The molecule has 1 aliphatic heterocycles. The smallest absolute Gasteiger partial charge is 0.410 e. The molecule has 0 aromatic carbocycles. The fraction of sp³-hybridized carbons (Fsp3) is 0.556. The van der Waals surface area contributed by atoms with Crippen molar-refractivity contribution in [2.45, 2.75) is 50.4 Å². The van der Waals surface area contributed by atoms with Gasteiger partial charge in [0.1, 0.15) is 11.6 Å². The Bertz CT molecular complexity index is 766. The Morgan fingerprint density at radius 3 is 2.48 bits per heavy atom. The molecule has 27 heavy (non-hydrogen) atoms. The Balaban J connectivity index is 1.87. The fourth-order valence-corrected chi connectivity index (χ4v) is 3.44. The third-order valence-electron chi connectivity index (χ3n) is 4.32. The summed E-state index contributed by atoms with van der Waals surface area (Å²) >= 11 is 1.38. The van der Waals surface area contributed by atoms with Crippen molar-refractivity contribution < 1.29 is 9.53 Å². The second kappa shape index (κ2) is 8.16. The van der Waals surface area contributed by atoms with Crippen molar-refractivity contribution in [1.29, 1.82) is 0 Å². The number of carbonyl (C=O) groups excluding carboxylic acids is 1. The van der Waals surface area contributed by atoms with Crippen molar-refractivity contribution in [3.05, 3.63) is 35.9 Å². The highest BCUT2D eigenvalue weighted by molar-refractivity contribution is 7.98. The van der Waals surface area contributed by atoms with Crippen LogP contribution in [0.3, 0.4) is 0 Å². The molecule has 0 radical (unpaired) electrons. The zero-order chi connectivity index (χ0) is 19.4. The number of hydrogen-bond acceptors (Lipinski definition) is 8. The van der Waals surface area contributed by atoms with E-state index in [0.717, 1.165) is 18.4 Å². The molecule has 0 N–H and O–H groups in total. The van der Waals surface area contributed by atoms with Gasteiger partial charge in [-0.2, -0.15) is 0 Å².